The number of aryl methyl sites for hydroxylation is 1. The van der Waals surface area contributed by atoms with Crippen molar-refractivity contribution in [2.24, 2.45) is 23.2 Å². The van der Waals surface area contributed by atoms with Crippen LogP contribution in [0.5, 0.6) is 0 Å². The molecule has 1 amide bonds. The minimum atomic E-state index is -0.510. The summed E-state index contributed by atoms with van der Waals surface area (Å²) in [6.07, 6.45) is 5.25. The van der Waals surface area contributed by atoms with E-state index >= 15 is 4.39 Å². The summed E-state index contributed by atoms with van der Waals surface area (Å²) in [4.78, 5) is 23.5. The van der Waals surface area contributed by atoms with Crippen LogP contribution < -0.4 is 11.1 Å². The Morgan fingerprint density at radius 3 is 2.82 bits per heavy atom. The number of hydrogen-bond donors (Lipinski definition) is 2. The van der Waals surface area contributed by atoms with Crippen LogP contribution in [0.4, 0.5) is 15.9 Å². The zero-order valence-corrected chi connectivity index (χ0v) is 18.8. The molecule has 8 heteroatoms. The van der Waals surface area contributed by atoms with Crippen LogP contribution in [-0.2, 0) is 4.79 Å². The molecule has 2 aliphatic carbocycles. The maximum Gasteiger partial charge on any atom is 0.229 e. The fourth-order valence-corrected chi connectivity index (χ4v) is 5.61. The van der Waals surface area contributed by atoms with Crippen molar-refractivity contribution in [2.45, 2.75) is 13.3 Å². The number of aromatic nitrogens is 2. The highest BCUT2D eigenvalue weighted by Gasteiger charge is 2.87. The predicted octanol–water partition coefficient (Wildman–Crippen LogP) is 3.60. The van der Waals surface area contributed by atoms with Crippen molar-refractivity contribution in [3.63, 3.8) is 0 Å². The van der Waals surface area contributed by atoms with Crippen LogP contribution in [0.3, 0.4) is 0 Å². The summed E-state index contributed by atoms with van der Waals surface area (Å²) in [5.41, 5.74) is 7.93. The summed E-state index contributed by atoms with van der Waals surface area (Å²) in [5, 5.41) is 13.2. The number of nitrogens with zero attached hydrogens (tertiary/aromatic N) is 4. The molecule has 0 bridgehead atoms. The van der Waals surface area contributed by atoms with E-state index in [0.717, 1.165) is 12.1 Å². The van der Waals surface area contributed by atoms with Crippen LogP contribution in [0.2, 0.25) is 0 Å². The number of hydrogen-bond acceptors (Lipinski definition) is 6. The lowest BCUT2D eigenvalue weighted by molar-refractivity contribution is -0.119. The molecular formula is C25H25FN6O. The lowest BCUT2D eigenvalue weighted by Crippen LogP contribution is -2.30. The first-order valence-corrected chi connectivity index (χ1v) is 10.9. The maximum absolute atomic E-state index is 15.0. The number of benzene rings is 1. The third-order valence-electron chi connectivity index (χ3n) is 7.23. The summed E-state index contributed by atoms with van der Waals surface area (Å²) in [6, 6.07) is 7.49. The van der Waals surface area contributed by atoms with E-state index in [9.17, 15) is 4.79 Å². The van der Waals surface area contributed by atoms with Gasteiger partial charge in [0.15, 0.2) is 5.82 Å². The SMILES string of the molecule is Cc1ccncc1-c1cc2cc(NC(=O)[C@H]3C4[C@H](CC#N)[C@]43CN(C)C)ncc2c(N)c1F. The molecule has 7 nitrogen and oxygen atoms in total. The Kier molecular flexibility index (Phi) is 4.83. The quantitative estimate of drug-likeness (QED) is 0.563. The zero-order chi connectivity index (χ0) is 23.5. The van der Waals surface area contributed by atoms with Gasteiger partial charge in [-0.1, -0.05) is 0 Å². The van der Waals surface area contributed by atoms with E-state index < -0.39 is 5.82 Å². The van der Waals surface area contributed by atoms with E-state index in [1.807, 2.05) is 27.1 Å². The number of carbonyl (C=O) groups is 1. The molecule has 5 rings (SSSR count). The van der Waals surface area contributed by atoms with Crippen LogP contribution in [0.25, 0.3) is 21.9 Å². The maximum atomic E-state index is 15.0. The molecule has 33 heavy (non-hydrogen) atoms. The monoisotopic (exact) mass is 444 g/mol. The molecule has 0 aliphatic heterocycles. The third kappa shape index (κ3) is 3.23. The number of carbonyl (C=O) groups excluding carboxylic acids is 1. The lowest BCUT2D eigenvalue weighted by Gasteiger charge is -2.20. The minimum absolute atomic E-state index is 0.0175. The fraction of sp³-hybridized carbons (Fsp3) is 0.360. The lowest BCUT2D eigenvalue weighted by atomic mass is 9.92. The van der Waals surface area contributed by atoms with Gasteiger partial charge in [0.05, 0.1) is 11.8 Å². The van der Waals surface area contributed by atoms with Crippen molar-refractivity contribution in [2.75, 3.05) is 31.7 Å². The molecule has 2 aromatic heterocycles. The Bertz CT molecular complexity index is 1330. The molecule has 3 N–H and O–H groups in total. The fourth-order valence-electron chi connectivity index (χ4n) is 5.61. The number of halogens is 1. The van der Waals surface area contributed by atoms with E-state index in [4.69, 9.17) is 11.0 Å². The topological polar surface area (TPSA) is 108 Å². The second-order valence-electron chi connectivity index (χ2n) is 9.44. The van der Waals surface area contributed by atoms with Crippen molar-refractivity contribution < 1.29 is 9.18 Å². The van der Waals surface area contributed by atoms with E-state index in [-0.39, 0.29) is 28.8 Å². The first-order chi connectivity index (χ1) is 15.8. The molecule has 4 atom stereocenters. The summed E-state index contributed by atoms with van der Waals surface area (Å²) in [5.74, 6) is 0.243. The van der Waals surface area contributed by atoms with Gasteiger partial charge in [-0.25, -0.2) is 9.37 Å². The van der Waals surface area contributed by atoms with Gasteiger partial charge < -0.3 is 16.0 Å². The predicted molar refractivity (Wildman–Crippen MR) is 124 cm³/mol. The largest absolute Gasteiger partial charge is 0.396 e. The van der Waals surface area contributed by atoms with Gasteiger partial charge in [-0.2, -0.15) is 5.26 Å². The first-order valence-electron chi connectivity index (χ1n) is 10.9. The third-order valence-corrected chi connectivity index (χ3v) is 7.23. The Balaban J connectivity index is 1.42. The summed E-state index contributed by atoms with van der Waals surface area (Å²) in [7, 11) is 3.97. The highest BCUT2D eigenvalue weighted by atomic mass is 19.1. The number of pyridine rings is 2. The number of nitrogens with two attached hydrogens (primary N) is 1. The van der Waals surface area contributed by atoms with Gasteiger partial charge in [0, 0.05) is 59.4 Å². The van der Waals surface area contributed by atoms with Gasteiger partial charge in [0.2, 0.25) is 5.91 Å². The molecule has 2 saturated carbocycles. The van der Waals surface area contributed by atoms with Crippen molar-refractivity contribution in [1.29, 1.82) is 5.26 Å². The van der Waals surface area contributed by atoms with Gasteiger partial charge in [-0.3, -0.25) is 9.78 Å². The molecule has 0 radical (unpaired) electrons. The van der Waals surface area contributed by atoms with Gasteiger partial charge in [-0.15, -0.1) is 0 Å². The Morgan fingerprint density at radius 1 is 1.33 bits per heavy atom. The zero-order valence-electron chi connectivity index (χ0n) is 18.8. The van der Waals surface area contributed by atoms with E-state index in [0.29, 0.717) is 40.1 Å². The number of anilines is 2. The average molecular weight is 445 g/mol. The van der Waals surface area contributed by atoms with Crippen LogP contribution in [0, 0.1) is 47.2 Å². The number of rotatable bonds is 6. The number of nitrogens with one attached hydrogen (secondary N) is 1. The number of nitrogen functional groups attached to an aromatic ring is 1. The summed E-state index contributed by atoms with van der Waals surface area (Å²) < 4.78 is 15.0. The summed E-state index contributed by atoms with van der Waals surface area (Å²) in [6.45, 7) is 2.68. The highest BCUT2D eigenvalue weighted by Crippen LogP contribution is 2.85. The molecule has 1 unspecified atom stereocenters. The van der Waals surface area contributed by atoms with Crippen molar-refractivity contribution in [1.82, 2.24) is 14.9 Å². The molecule has 0 spiro atoms. The molecule has 0 saturated heterocycles. The Morgan fingerprint density at radius 2 is 2.12 bits per heavy atom. The standard InChI is InChI=1S/C25H25FN6O/c1-13-5-7-29-10-16(13)15-8-14-9-19(30-11-17(14)23(28)22(15)26)31-24(33)21-20-18(4-6-27)25(20,21)12-32(2)3/h5,7-11,18,20-21H,4,12,28H2,1-3H3,(H,30,31,33)/t18-,20?,21+,25+/m0/s1. The van der Waals surface area contributed by atoms with Crippen molar-refractivity contribution in [3.05, 3.63) is 48.2 Å². The first kappa shape index (κ1) is 21.3. The Labute approximate surface area is 191 Å². The van der Waals surface area contributed by atoms with Gasteiger partial charge in [-0.05, 0) is 62.0 Å². The number of amides is 1. The highest BCUT2D eigenvalue weighted by molar-refractivity contribution is 6.01. The number of nitriles is 1. The van der Waals surface area contributed by atoms with Crippen LogP contribution in [-0.4, -0.2) is 41.4 Å². The molecule has 2 fully saturated rings. The average Bonchev–Trinajstić information content (AvgIpc) is 3.61. The van der Waals surface area contributed by atoms with Gasteiger partial charge in [0.1, 0.15) is 5.82 Å². The van der Waals surface area contributed by atoms with Crippen LogP contribution >= 0.6 is 0 Å². The van der Waals surface area contributed by atoms with Crippen LogP contribution in [0.15, 0.2) is 36.8 Å². The molecule has 168 valence electrons. The van der Waals surface area contributed by atoms with Crippen LogP contribution in [0.1, 0.15) is 12.0 Å². The second-order valence-corrected chi connectivity index (χ2v) is 9.44. The minimum Gasteiger partial charge on any atom is -0.396 e. The van der Waals surface area contributed by atoms with Gasteiger partial charge >= 0.3 is 0 Å². The molecule has 2 aliphatic rings. The molecule has 2 heterocycles. The molecule has 1 aromatic carbocycles. The molecular weight excluding hydrogens is 419 g/mol. The second kappa shape index (κ2) is 7.49. The Hall–Kier alpha value is -3.57. The smallest absolute Gasteiger partial charge is 0.229 e. The molecule has 3 aromatic rings. The summed E-state index contributed by atoms with van der Waals surface area (Å²) >= 11 is 0. The van der Waals surface area contributed by atoms with Crippen molar-refractivity contribution in [3.8, 4) is 17.2 Å². The number of fused-ring (bicyclic) bond motifs is 2. The van der Waals surface area contributed by atoms with Crippen molar-refractivity contribution >= 4 is 28.2 Å². The van der Waals surface area contributed by atoms with E-state index in [2.05, 4.69) is 26.3 Å². The van der Waals surface area contributed by atoms with E-state index in [1.54, 1.807) is 24.5 Å². The normalized spacial score (nSPS) is 24.9. The van der Waals surface area contributed by atoms with Gasteiger partial charge in [0.25, 0.3) is 0 Å². The van der Waals surface area contributed by atoms with E-state index in [1.165, 1.54) is 6.20 Å².